The van der Waals surface area contributed by atoms with Gasteiger partial charge < -0.3 is 10.6 Å². The molecule has 1 aliphatic rings. The summed E-state index contributed by atoms with van der Waals surface area (Å²) in [7, 11) is 0. The highest BCUT2D eigenvalue weighted by atomic mass is 35.5. The molecule has 3 rings (SSSR count). The molecule has 0 saturated heterocycles. The first-order valence-corrected chi connectivity index (χ1v) is 8.79. The van der Waals surface area contributed by atoms with Crippen molar-refractivity contribution < 1.29 is 9.59 Å². The molecule has 0 unspecified atom stereocenters. The number of nitrogens with zero attached hydrogens (tertiary/aromatic N) is 1. The van der Waals surface area contributed by atoms with Gasteiger partial charge in [0.15, 0.2) is 0 Å². The van der Waals surface area contributed by atoms with E-state index in [1.807, 2.05) is 12.1 Å². The predicted octanol–water partition coefficient (Wildman–Crippen LogP) is 3.34. The van der Waals surface area contributed by atoms with Gasteiger partial charge in [-0.05, 0) is 42.7 Å². The molecule has 0 atom stereocenters. The van der Waals surface area contributed by atoms with E-state index >= 15 is 0 Å². The summed E-state index contributed by atoms with van der Waals surface area (Å²) in [5.74, 6) is -0.466. The van der Waals surface area contributed by atoms with Gasteiger partial charge in [0.2, 0.25) is 0 Å². The smallest absolute Gasteiger partial charge is 0.270 e. The van der Waals surface area contributed by atoms with Gasteiger partial charge in [0, 0.05) is 29.4 Å². The van der Waals surface area contributed by atoms with Crippen LogP contribution in [0.3, 0.4) is 0 Å². The molecule has 2 amide bonds. The highest BCUT2D eigenvalue weighted by Gasteiger charge is 2.19. The van der Waals surface area contributed by atoms with Crippen molar-refractivity contribution in [1.29, 1.82) is 0 Å². The van der Waals surface area contributed by atoms with E-state index in [1.54, 1.807) is 18.2 Å². The minimum absolute atomic E-state index is 0.152. The van der Waals surface area contributed by atoms with E-state index in [9.17, 15) is 9.59 Å². The number of carbonyl (C=O) groups is 2. The second kappa shape index (κ2) is 8.12. The van der Waals surface area contributed by atoms with Gasteiger partial charge in [-0.25, -0.2) is 0 Å². The Balaban J connectivity index is 1.60. The highest BCUT2D eigenvalue weighted by molar-refractivity contribution is 6.30. The van der Waals surface area contributed by atoms with E-state index < -0.39 is 0 Å². The van der Waals surface area contributed by atoms with Crippen molar-refractivity contribution in [3.63, 3.8) is 0 Å². The van der Waals surface area contributed by atoms with Gasteiger partial charge in [-0.2, -0.15) is 0 Å². The first-order chi connectivity index (χ1) is 12.1. The van der Waals surface area contributed by atoms with Gasteiger partial charge in [-0.1, -0.05) is 36.6 Å². The van der Waals surface area contributed by atoms with Crippen molar-refractivity contribution in [1.82, 2.24) is 15.6 Å². The lowest BCUT2D eigenvalue weighted by Crippen LogP contribution is -2.33. The molecule has 0 aliphatic heterocycles. The fourth-order valence-electron chi connectivity index (χ4n) is 2.91. The molecule has 1 aromatic heterocycles. The van der Waals surface area contributed by atoms with E-state index in [0.29, 0.717) is 17.1 Å². The molecule has 1 fully saturated rings. The first-order valence-electron chi connectivity index (χ1n) is 8.41. The van der Waals surface area contributed by atoms with Crippen molar-refractivity contribution in [2.24, 2.45) is 0 Å². The highest BCUT2D eigenvalue weighted by Crippen LogP contribution is 2.18. The van der Waals surface area contributed by atoms with Gasteiger partial charge in [0.25, 0.3) is 11.8 Å². The summed E-state index contributed by atoms with van der Waals surface area (Å²) in [6.07, 6.45) is 5.83. The SMILES string of the molecule is O=C(NC1CCCC1)c1ccnc(C(=O)NCc2ccc(Cl)cc2)c1. The summed E-state index contributed by atoms with van der Waals surface area (Å²) >= 11 is 5.84. The molecule has 0 radical (unpaired) electrons. The Labute approximate surface area is 151 Å². The molecule has 2 N–H and O–H groups in total. The van der Waals surface area contributed by atoms with Crippen molar-refractivity contribution in [3.8, 4) is 0 Å². The minimum atomic E-state index is -0.314. The molecule has 25 heavy (non-hydrogen) atoms. The fraction of sp³-hybridized carbons (Fsp3) is 0.316. The van der Waals surface area contributed by atoms with Gasteiger partial charge in [-0.15, -0.1) is 0 Å². The molecule has 6 heteroatoms. The summed E-state index contributed by atoms with van der Waals surface area (Å²) < 4.78 is 0. The monoisotopic (exact) mass is 357 g/mol. The summed E-state index contributed by atoms with van der Waals surface area (Å²) in [4.78, 5) is 28.6. The normalized spacial score (nSPS) is 14.3. The number of halogens is 1. The van der Waals surface area contributed by atoms with Crippen LogP contribution < -0.4 is 10.6 Å². The third kappa shape index (κ3) is 4.79. The maximum atomic E-state index is 12.3. The standard InChI is InChI=1S/C19H20ClN3O2/c20-15-7-5-13(6-8-15)12-22-19(25)17-11-14(9-10-21-17)18(24)23-16-3-1-2-4-16/h5-11,16H,1-4,12H2,(H,22,25)(H,23,24). The van der Waals surface area contributed by atoms with Crippen LogP contribution in [0.4, 0.5) is 0 Å². The molecule has 1 saturated carbocycles. The summed E-state index contributed by atoms with van der Waals surface area (Å²) in [6.45, 7) is 0.371. The van der Waals surface area contributed by atoms with Crippen LogP contribution in [0.2, 0.25) is 5.02 Å². The van der Waals surface area contributed by atoms with Crippen molar-refractivity contribution in [2.75, 3.05) is 0 Å². The summed E-state index contributed by atoms with van der Waals surface area (Å²) in [5, 5.41) is 6.46. The maximum Gasteiger partial charge on any atom is 0.270 e. The molecule has 1 heterocycles. The number of rotatable bonds is 5. The van der Waals surface area contributed by atoms with E-state index in [1.165, 1.54) is 12.3 Å². The van der Waals surface area contributed by atoms with Crippen molar-refractivity contribution >= 4 is 23.4 Å². The number of aromatic nitrogens is 1. The van der Waals surface area contributed by atoms with E-state index in [2.05, 4.69) is 15.6 Å². The van der Waals surface area contributed by atoms with Crippen LogP contribution in [-0.2, 0) is 6.54 Å². The van der Waals surface area contributed by atoms with Crippen LogP contribution in [0.15, 0.2) is 42.6 Å². The summed E-state index contributed by atoms with van der Waals surface area (Å²) in [6, 6.07) is 10.6. The Kier molecular flexibility index (Phi) is 5.66. The number of hydrogen-bond acceptors (Lipinski definition) is 3. The largest absolute Gasteiger partial charge is 0.349 e. The molecule has 2 aromatic rings. The average Bonchev–Trinajstić information content (AvgIpc) is 3.14. The van der Waals surface area contributed by atoms with Crippen LogP contribution in [0, 0.1) is 0 Å². The zero-order valence-electron chi connectivity index (χ0n) is 13.8. The molecule has 130 valence electrons. The molecule has 5 nitrogen and oxygen atoms in total. The fourth-order valence-corrected chi connectivity index (χ4v) is 3.04. The van der Waals surface area contributed by atoms with Gasteiger partial charge in [0.1, 0.15) is 5.69 Å². The maximum absolute atomic E-state index is 12.3. The van der Waals surface area contributed by atoms with Gasteiger partial charge in [0.05, 0.1) is 0 Å². The number of benzene rings is 1. The van der Waals surface area contributed by atoms with Crippen LogP contribution >= 0.6 is 11.6 Å². The Bertz CT molecular complexity index is 756. The molecule has 1 aromatic carbocycles. The number of nitrogens with one attached hydrogen (secondary N) is 2. The lowest BCUT2D eigenvalue weighted by Gasteiger charge is -2.12. The first kappa shape index (κ1) is 17.4. The van der Waals surface area contributed by atoms with Crippen molar-refractivity contribution in [3.05, 3.63) is 64.4 Å². The van der Waals surface area contributed by atoms with Crippen LogP contribution in [0.5, 0.6) is 0 Å². The van der Waals surface area contributed by atoms with Crippen LogP contribution in [-0.4, -0.2) is 22.8 Å². The molecule has 1 aliphatic carbocycles. The number of pyridine rings is 1. The molecule has 0 bridgehead atoms. The topological polar surface area (TPSA) is 71.1 Å². The number of hydrogen-bond donors (Lipinski definition) is 2. The number of amides is 2. The van der Waals surface area contributed by atoms with Crippen molar-refractivity contribution in [2.45, 2.75) is 38.3 Å². The van der Waals surface area contributed by atoms with E-state index in [4.69, 9.17) is 11.6 Å². The lowest BCUT2D eigenvalue weighted by molar-refractivity contribution is 0.0937. The van der Waals surface area contributed by atoms with Gasteiger partial charge in [-0.3, -0.25) is 14.6 Å². The van der Waals surface area contributed by atoms with Crippen LogP contribution in [0.25, 0.3) is 0 Å². The Morgan fingerprint density at radius 3 is 2.52 bits per heavy atom. The molecule has 0 spiro atoms. The predicted molar refractivity (Wildman–Crippen MR) is 96.6 cm³/mol. The second-order valence-electron chi connectivity index (χ2n) is 6.19. The zero-order valence-corrected chi connectivity index (χ0v) is 14.6. The molecular weight excluding hydrogens is 338 g/mol. The molecular formula is C19H20ClN3O2. The quantitative estimate of drug-likeness (QED) is 0.862. The van der Waals surface area contributed by atoms with Crippen LogP contribution in [0.1, 0.15) is 52.1 Å². The zero-order chi connectivity index (χ0) is 17.6. The average molecular weight is 358 g/mol. The lowest BCUT2D eigenvalue weighted by atomic mass is 10.1. The van der Waals surface area contributed by atoms with E-state index in [-0.39, 0.29) is 23.6 Å². The Hall–Kier alpha value is -2.40. The minimum Gasteiger partial charge on any atom is -0.349 e. The van der Waals surface area contributed by atoms with Gasteiger partial charge >= 0.3 is 0 Å². The Morgan fingerprint density at radius 2 is 1.80 bits per heavy atom. The third-order valence-corrected chi connectivity index (χ3v) is 4.56. The summed E-state index contributed by atoms with van der Waals surface area (Å²) in [5.41, 5.74) is 1.62. The third-order valence-electron chi connectivity index (χ3n) is 4.31. The second-order valence-corrected chi connectivity index (χ2v) is 6.63. The number of carbonyl (C=O) groups excluding carboxylic acids is 2. The van der Waals surface area contributed by atoms with E-state index in [0.717, 1.165) is 31.2 Å². The Morgan fingerprint density at radius 1 is 1.08 bits per heavy atom.